The highest BCUT2D eigenvalue weighted by Crippen LogP contribution is 2.23. The molecule has 0 aliphatic carbocycles. The van der Waals surface area contributed by atoms with Crippen molar-refractivity contribution in [3.8, 4) is 0 Å². The van der Waals surface area contributed by atoms with Crippen molar-refractivity contribution < 1.29 is 24.2 Å². The van der Waals surface area contributed by atoms with Gasteiger partial charge in [-0.3, -0.25) is 0 Å². The van der Waals surface area contributed by atoms with E-state index in [9.17, 15) is 9.59 Å². The van der Waals surface area contributed by atoms with Crippen LogP contribution >= 0.6 is 0 Å². The summed E-state index contributed by atoms with van der Waals surface area (Å²) in [6, 6.07) is 6.55. The van der Waals surface area contributed by atoms with Crippen molar-refractivity contribution in [2.24, 2.45) is 0 Å². The molecule has 0 aromatic heterocycles. The molecule has 0 bridgehead atoms. The quantitative estimate of drug-likeness (QED) is 0.906. The maximum absolute atomic E-state index is 12.3. The van der Waals surface area contributed by atoms with Gasteiger partial charge in [-0.2, -0.15) is 0 Å². The van der Waals surface area contributed by atoms with E-state index in [1.165, 1.54) is 0 Å². The third-order valence-electron chi connectivity index (χ3n) is 3.46. The molecule has 1 saturated heterocycles. The van der Waals surface area contributed by atoms with Gasteiger partial charge in [-0.15, -0.1) is 0 Å². The van der Waals surface area contributed by atoms with Gasteiger partial charge in [0.05, 0.1) is 12.1 Å². The average molecular weight is 321 g/mol. The van der Waals surface area contributed by atoms with Gasteiger partial charge in [-0.25, -0.2) is 9.59 Å². The Morgan fingerprint density at radius 3 is 2.48 bits per heavy atom. The molecule has 1 aliphatic heterocycles. The van der Waals surface area contributed by atoms with Crippen LogP contribution in [0.5, 0.6) is 0 Å². The summed E-state index contributed by atoms with van der Waals surface area (Å²) in [6.07, 6.45) is 0.103. The maximum Gasteiger partial charge on any atom is 0.410 e. The van der Waals surface area contributed by atoms with Crippen LogP contribution in [-0.2, 0) is 9.47 Å². The Hall–Kier alpha value is -2.08. The van der Waals surface area contributed by atoms with E-state index in [1.807, 2.05) is 20.8 Å². The molecule has 1 aromatic rings. The zero-order valence-electron chi connectivity index (χ0n) is 13.7. The summed E-state index contributed by atoms with van der Waals surface area (Å²) in [5.74, 6) is -0.964. The number of hydrogen-bond acceptors (Lipinski definition) is 4. The van der Waals surface area contributed by atoms with Crippen molar-refractivity contribution in [1.29, 1.82) is 0 Å². The standard InChI is InChI=1S/C17H23NO5/c1-17(2,3)23-16(21)18-9-4-10-22-14(11-18)12-5-7-13(8-6-12)15(19)20/h5-8,14H,4,9-11H2,1-3H3,(H,19,20). The molecular weight excluding hydrogens is 298 g/mol. The summed E-state index contributed by atoms with van der Waals surface area (Å²) in [5.41, 5.74) is 0.542. The van der Waals surface area contributed by atoms with Gasteiger partial charge in [0.1, 0.15) is 11.7 Å². The number of carbonyl (C=O) groups is 2. The lowest BCUT2D eigenvalue weighted by Crippen LogP contribution is -2.38. The van der Waals surface area contributed by atoms with Crippen molar-refractivity contribution in [3.05, 3.63) is 35.4 Å². The number of ether oxygens (including phenoxy) is 2. The van der Waals surface area contributed by atoms with Crippen LogP contribution in [0.25, 0.3) is 0 Å². The number of benzene rings is 1. The third-order valence-corrected chi connectivity index (χ3v) is 3.46. The normalized spacial score (nSPS) is 19.1. The van der Waals surface area contributed by atoms with Crippen LogP contribution in [0, 0.1) is 0 Å². The van der Waals surface area contributed by atoms with Crippen LogP contribution in [-0.4, -0.2) is 47.4 Å². The lowest BCUT2D eigenvalue weighted by Gasteiger charge is -2.28. The molecule has 0 spiro atoms. The van der Waals surface area contributed by atoms with Gasteiger partial charge < -0.3 is 19.5 Å². The SMILES string of the molecule is CC(C)(C)OC(=O)N1CCCOC(c2ccc(C(=O)O)cc2)C1. The van der Waals surface area contributed by atoms with E-state index in [1.54, 1.807) is 29.2 Å². The summed E-state index contributed by atoms with van der Waals surface area (Å²) < 4.78 is 11.2. The van der Waals surface area contributed by atoms with Gasteiger partial charge >= 0.3 is 12.1 Å². The minimum absolute atomic E-state index is 0.228. The van der Waals surface area contributed by atoms with Gasteiger partial charge in [0.25, 0.3) is 0 Å². The van der Waals surface area contributed by atoms with Crippen molar-refractivity contribution in [1.82, 2.24) is 4.90 Å². The molecule has 1 heterocycles. The van der Waals surface area contributed by atoms with Crippen LogP contribution in [0.3, 0.4) is 0 Å². The Bertz CT molecular complexity index is 561. The second-order valence-corrected chi connectivity index (χ2v) is 6.57. The van der Waals surface area contributed by atoms with Crippen LogP contribution in [0.2, 0.25) is 0 Å². The Morgan fingerprint density at radius 1 is 1.26 bits per heavy atom. The first-order valence-electron chi connectivity index (χ1n) is 7.69. The van der Waals surface area contributed by atoms with E-state index >= 15 is 0 Å². The van der Waals surface area contributed by atoms with Crippen molar-refractivity contribution in [2.75, 3.05) is 19.7 Å². The molecule has 2 rings (SSSR count). The molecule has 23 heavy (non-hydrogen) atoms. The number of rotatable bonds is 2. The van der Waals surface area contributed by atoms with Gasteiger partial charge in [0, 0.05) is 13.2 Å². The number of carboxylic acid groups (broad SMARTS) is 1. The van der Waals surface area contributed by atoms with Gasteiger partial charge in [-0.05, 0) is 44.9 Å². The minimum atomic E-state index is -0.964. The zero-order chi connectivity index (χ0) is 17.0. The van der Waals surface area contributed by atoms with Crippen LogP contribution < -0.4 is 0 Å². The Morgan fingerprint density at radius 2 is 1.91 bits per heavy atom. The number of amides is 1. The van der Waals surface area contributed by atoms with E-state index in [4.69, 9.17) is 14.6 Å². The highest BCUT2D eigenvalue weighted by atomic mass is 16.6. The van der Waals surface area contributed by atoms with E-state index in [-0.39, 0.29) is 17.8 Å². The first kappa shape index (κ1) is 17.3. The molecular formula is C17H23NO5. The minimum Gasteiger partial charge on any atom is -0.478 e. The summed E-state index contributed by atoms with van der Waals surface area (Å²) >= 11 is 0. The molecule has 1 aliphatic rings. The van der Waals surface area contributed by atoms with E-state index in [2.05, 4.69) is 0 Å². The van der Waals surface area contributed by atoms with E-state index in [0.717, 1.165) is 12.0 Å². The molecule has 1 amide bonds. The fourth-order valence-electron chi connectivity index (χ4n) is 2.36. The predicted molar refractivity (Wildman–Crippen MR) is 84.5 cm³/mol. The van der Waals surface area contributed by atoms with Crippen molar-refractivity contribution >= 4 is 12.1 Å². The highest BCUT2D eigenvalue weighted by molar-refractivity contribution is 5.87. The lowest BCUT2D eigenvalue weighted by molar-refractivity contribution is 0.0140. The molecule has 6 nitrogen and oxygen atoms in total. The summed E-state index contributed by atoms with van der Waals surface area (Å²) in [6.45, 7) is 7.02. The smallest absolute Gasteiger partial charge is 0.410 e. The average Bonchev–Trinajstić information content (AvgIpc) is 2.71. The monoisotopic (exact) mass is 321 g/mol. The molecule has 1 fully saturated rings. The molecule has 1 unspecified atom stereocenters. The first-order chi connectivity index (χ1) is 10.8. The first-order valence-corrected chi connectivity index (χ1v) is 7.69. The van der Waals surface area contributed by atoms with Crippen molar-refractivity contribution in [3.63, 3.8) is 0 Å². The fourth-order valence-corrected chi connectivity index (χ4v) is 2.36. The highest BCUT2D eigenvalue weighted by Gasteiger charge is 2.27. The number of hydrogen-bond donors (Lipinski definition) is 1. The molecule has 1 N–H and O–H groups in total. The molecule has 1 aromatic carbocycles. The second-order valence-electron chi connectivity index (χ2n) is 6.57. The van der Waals surface area contributed by atoms with Gasteiger partial charge in [0.15, 0.2) is 0 Å². The lowest BCUT2D eigenvalue weighted by atomic mass is 10.1. The summed E-state index contributed by atoms with van der Waals surface area (Å²) in [4.78, 5) is 24.8. The predicted octanol–water partition coefficient (Wildman–Crippen LogP) is 3.08. The molecule has 1 atom stereocenters. The number of carbonyl (C=O) groups excluding carboxylic acids is 1. The fraction of sp³-hybridized carbons (Fsp3) is 0.529. The summed E-state index contributed by atoms with van der Waals surface area (Å²) in [7, 11) is 0. The van der Waals surface area contributed by atoms with Crippen molar-refractivity contribution in [2.45, 2.75) is 38.9 Å². The topological polar surface area (TPSA) is 76.1 Å². The second kappa shape index (κ2) is 7.00. The zero-order valence-corrected chi connectivity index (χ0v) is 13.7. The third kappa shape index (κ3) is 4.96. The summed E-state index contributed by atoms with van der Waals surface area (Å²) in [5, 5.41) is 8.95. The Balaban J connectivity index is 2.09. The number of carboxylic acids is 1. The Labute approximate surface area is 136 Å². The van der Waals surface area contributed by atoms with Gasteiger partial charge in [-0.1, -0.05) is 12.1 Å². The largest absolute Gasteiger partial charge is 0.478 e. The number of nitrogens with zero attached hydrogens (tertiary/aromatic N) is 1. The van der Waals surface area contributed by atoms with E-state index < -0.39 is 11.6 Å². The van der Waals surface area contributed by atoms with Crippen LogP contribution in [0.4, 0.5) is 4.79 Å². The number of aromatic carboxylic acids is 1. The molecule has 0 radical (unpaired) electrons. The molecule has 0 saturated carbocycles. The van der Waals surface area contributed by atoms with E-state index in [0.29, 0.717) is 19.7 Å². The Kier molecular flexibility index (Phi) is 5.26. The van der Waals surface area contributed by atoms with Gasteiger partial charge in [0.2, 0.25) is 0 Å². The maximum atomic E-state index is 12.3. The molecule has 6 heteroatoms. The molecule has 126 valence electrons. The van der Waals surface area contributed by atoms with Crippen LogP contribution in [0.1, 0.15) is 49.2 Å². The van der Waals surface area contributed by atoms with Crippen LogP contribution in [0.15, 0.2) is 24.3 Å².